The number of carbonyl (C=O) groups is 1. The Bertz CT molecular complexity index is 999. The molecule has 3 aromatic rings. The molecule has 8 heteroatoms. The van der Waals surface area contributed by atoms with Crippen molar-refractivity contribution in [2.24, 2.45) is 0 Å². The van der Waals surface area contributed by atoms with Crippen LogP contribution in [0, 0.1) is 6.92 Å². The van der Waals surface area contributed by atoms with Gasteiger partial charge in [0.2, 0.25) is 5.89 Å². The Morgan fingerprint density at radius 2 is 1.80 bits per heavy atom. The van der Waals surface area contributed by atoms with E-state index in [0.717, 1.165) is 11.3 Å². The van der Waals surface area contributed by atoms with E-state index in [1.807, 2.05) is 38.1 Å². The molecule has 2 N–H and O–H groups in total. The number of methoxy groups -OCH3 is 2. The van der Waals surface area contributed by atoms with Crippen LogP contribution in [-0.2, 0) is 6.54 Å². The number of ether oxygens (including phenoxy) is 3. The van der Waals surface area contributed by atoms with Crippen molar-refractivity contribution < 1.29 is 23.4 Å². The molecule has 0 saturated carbocycles. The third kappa shape index (κ3) is 5.02. The first-order valence-electron chi connectivity index (χ1n) is 9.50. The summed E-state index contributed by atoms with van der Waals surface area (Å²) >= 11 is 0. The number of nitrogens with one attached hydrogen (secondary N) is 2. The standard InChI is InChI=1S/C22H25N3O5/c1-5-29-16-8-6-15(7-9-16)21-24-19(14(2)30-21)13-23-22(26)25-18-12-17(27-3)10-11-20(18)28-4/h6-12H,5,13H2,1-4H3,(H2,23,25,26). The molecular weight excluding hydrogens is 386 g/mol. The number of aryl methyl sites for hydroxylation is 1. The summed E-state index contributed by atoms with van der Waals surface area (Å²) in [6.07, 6.45) is 0. The maximum atomic E-state index is 12.3. The van der Waals surface area contributed by atoms with E-state index in [1.165, 1.54) is 7.11 Å². The van der Waals surface area contributed by atoms with Crippen LogP contribution in [0.25, 0.3) is 11.5 Å². The monoisotopic (exact) mass is 411 g/mol. The molecule has 0 bridgehead atoms. The van der Waals surface area contributed by atoms with E-state index in [9.17, 15) is 4.79 Å². The zero-order valence-electron chi connectivity index (χ0n) is 17.4. The van der Waals surface area contributed by atoms with E-state index >= 15 is 0 Å². The van der Waals surface area contributed by atoms with Crippen molar-refractivity contribution >= 4 is 11.7 Å². The number of hydrogen-bond donors (Lipinski definition) is 2. The normalized spacial score (nSPS) is 10.4. The van der Waals surface area contributed by atoms with Crippen LogP contribution in [0.4, 0.5) is 10.5 Å². The van der Waals surface area contributed by atoms with Gasteiger partial charge in [0.1, 0.15) is 28.7 Å². The average molecular weight is 411 g/mol. The lowest BCUT2D eigenvalue weighted by molar-refractivity contribution is 0.251. The van der Waals surface area contributed by atoms with Crippen molar-refractivity contribution in [3.05, 3.63) is 53.9 Å². The molecule has 0 radical (unpaired) electrons. The molecule has 0 aliphatic rings. The average Bonchev–Trinajstić information content (AvgIpc) is 3.13. The van der Waals surface area contributed by atoms with Gasteiger partial charge in [0.25, 0.3) is 0 Å². The first-order valence-corrected chi connectivity index (χ1v) is 9.50. The fourth-order valence-electron chi connectivity index (χ4n) is 2.82. The van der Waals surface area contributed by atoms with Gasteiger partial charge < -0.3 is 29.3 Å². The molecule has 1 heterocycles. The maximum absolute atomic E-state index is 12.3. The summed E-state index contributed by atoms with van der Waals surface area (Å²) in [5.41, 5.74) is 1.98. The van der Waals surface area contributed by atoms with Crippen molar-refractivity contribution in [1.29, 1.82) is 0 Å². The van der Waals surface area contributed by atoms with Crippen molar-refractivity contribution in [1.82, 2.24) is 10.3 Å². The Balaban J connectivity index is 1.64. The van der Waals surface area contributed by atoms with Crippen LogP contribution in [0.1, 0.15) is 18.4 Å². The van der Waals surface area contributed by atoms with E-state index < -0.39 is 6.03 Å². The molecule has 0 aliphatic heterocycles. The van der Waals surface area contributed by atoms with E-state index in [-0.39, 0.29) is 6.54 Å². The van der Waals surface area contributed by atoms with E-state index in [4.69, 9.17) is 18.6 Å². The van der Waals surface area contributed by atoms with Crippen molar-refractivity contribution in [3.8, 4) is 28.7 Å². The Hall–Kier alpha value is -3.68. The van der Waals surface area contributed by atoms with E-state index in [2.05, 4.69) is 15.6 Å². The SMILES string of the molecule is CCOc1ccc(-c2nc(CNC(=O)Nc3cc(OC)ccc3OC)c(C)o2)cc1. The molecule has 0 atom stereocenters. The Kier molecular flexibility index (Phi) is 6.79. The summed E-state index contributed by atoms with van der Waals surface area (Å²) in [5, 5.41) is 5.53. The summed E-state index contributed by atoms with van der Waals surface area (Å²) in [4.78, 5) is 16.9. The molecule has 158 valence electrons. The summed E-state index contributed by atoms with van der Waals surface area (Å²) < 4.78 is 21.7. The van der Waals surface area contributed by atoms with Gasteiger partial charge in [-0.25, -0.2) is 9.78 Å². The van der Waals surface area contributed by atoms with Gasteiger partial charge in [-0.2, -0.15) is 0 Å². The number of nitrogens with zero attached hydrogens (tertiary/aromatic N) is 1. The third-order valence-corrected chi connectivity index (χ3v) is 4.38. The third-order valence-electron chi connectivity index (χ3n) is 4.38. The van der Waals surface area contributed by atoms with Gasteiger partial charge in [0, 0.05) is 11.6 Å². The summed E-state index contributed by atoms with van der Waals surface area (Å²) in [6.45, 7) is 4.57. The largest absolute Gasteiger partial charge is 0.497 e. The van der Waals surface area contributed by atoms with Crippen molar-refractivity contribution in [2.45, 2.75) is 20.4 Å². The van der Waals surface area contributed by atoms with Gasteiger partial charge in [-0.1, -0.05) is 0 Å². The Labute approximate surface area is 175 Å². The molecule has 8 nitrogen and oxygen atoms in total. The summed E-state index contributed by atoms with van der Waals surface area (Å²) in [7, 11) is 3.09. The van der Waals surface area contributed by atoms with Crippen LogP contribution >= 0.6 is 0 Å². The minimum absolute atomic E-state index is 0.213. The molecular formula is C22H25N3O5. The molecule has 2 amide bonds. The molecule has 3 rings (SSSR count). The number of hydrogen-bond acceptors (Lipinski definition) is 6. The number of urea groups is 1. The Morgan fingerprint density at radius 1 is 1.07 bits per heavy atom. The highest BCUT2D eigenvalue weighted by atomic mass is 16.5. The zero-order valence-corrected chi connectivity index (χ0v) is 17.4. The van der Waals surface area contributed by atoms with Crippen LogP contribution in [0.15, 0.2) is 46.9 Å². The van der Waals surface area contributed by atoms with Crippen molar-refractivity contribution in [2.75, 3.05) is 26.1 Å². The zero-order chi connectivity index (χ0) is 21.5. The van der Waals surface area contributed by atoms with Gasteiger partial charge >= 0.3 is 6.03 Å². The van der Waals surface area contributed by atoms with Crippen LogP contribution in [0.2, 0.25) is 0 Å². The minimum Gasteiger partial charge on any atom is -0.497 e. The number of anilines is 1. The molecule has 0 spiro atoms. The van der Waals surface area contributed by atoms with Gasteiger partial charge in [-0.3, -0.25) is 0 Å². The predicted octanol–water partition coefficient (Wildman–Crippen LogP) is 4.39. The smallest absolute Gasteiger partial charge is 0.319 e. The first-order chi connectivity index (χ1) is 14.5. The summed E-state index contributed by atoms with van der Waals surface area (Å²) in [5.74, 6) is 3.05. The lowest BCUT2D eigenvalue weighted by atomic mass is 10.2. The van der Waals surface area contributed by atoms with E-state index in [0.29, 0.717) is 41.1 Å². The highest BCUT2D eigenvalue weighted by molar-refractivity contribution is 5.91. The topological polar surface area (TPSA) is 94.9 Å². The van der Waals surface area contributed by atoms with Crippen molar-refractivity contribution in [3.63, 3.8) is 0 Å². The molecule has 30 heavy (non-hydrogen) atoms. The number of amides is 2. The van der Waals surface area contributed by atoms with Crippen LogP contribution in [0.5, 0.6) is 17.2 Å². The number of oxazole rings is 1. The molecule has 0 saturated heterocycles. The second kappa shape index (κ2) is 9.69. The molecule has 0 fully saturated rings. The number of benzene rings is 2. The molecule has 1 aromatic heterocycles. The van der Waals surface area contributed by atoms with Crippen LogP contribution in [-0.4, -0.2) is 31.8 Å². The lowest BCUT2D eigenvalue weighted by Gasteiger charge is -2.12. The molecule has 0 unspecified atom stereocenters. The van der Waals surface area contributed by atoms with Gasteiger partial charge in [-0.15, -0.1) is 0 Å². The highest BCUT2D eigenvalue weighted by Crippen LogP contribution is 2.29. The van der Waals surface area contributed by atoms with Gasteiger partial charge in [0.05, 0.1) is 33.1 Å². The minimum atomic E-state index is -0.397. The first kappa shape index (κ1) is 21.0. The second-order valence-electron chi connectivity index (χ2n) is 6.35. The fourth-order valence-corrected chi connectivity index (χ4v) is 2.82. The predicted molar refractivity (Wildman–Crippen MR) is 113 cm³/mol. The number of rotatable bonds is 8. The molecule has 0 aliphatic carbocycles. The van der Waals surface area contributed by atoms with Crippen LogP contribution in [0.3, 0.4) is 0 Å². The highest BCUT2D eigenvalue weighted by Gasteiger charge is 2.14. The van der Waals surface area contributed by atoms with Crippen LogP contribution < -0.4 is 24.8 Å². The number of carbonyl (C=O) groups excluding carboxylic acids is 1. The quantitative estimate of drug-likeness (QED) is 0.571. The second-order valence-corrected chi connectivity index (χ2v) is 6.35. The Morgan fingerprint density at radius 3 is 2.47 bits per heavy atom. The molecule has 2 aromatic carbocycles. The summed E-state index contributed by atoms with van der Waals surface area (Å²) in [6, 6.07) is 12.3. The van der Waals surface area contributed by atoms with Gasteiger partial charge in [0.15, 0.2) is 0 Å². The lowest BCUT2D eigenvalue weighted by Crippen LogP contribution is -2.28. The van der Waals surface area contributed by atoms with Gasteiger partial charge in [-0.05, 0) is 50.2 Å². The number of aromatic nitrogens is 1. The fraction of sp³-hybridized carbons (Fsp3) is 0.273. The van der Waals surface area contributed by atoms with E-state index in [1.54, 1.807) is 25.3 Å². The maximum Gasteiger partial charge on any atom is 0.319 e.